The fourth-order valence-electron chi connectivity index (χ4n) is 2.04. The van der Waals surface area contributed by atoms with E-state index in [0.717, 1.165) is 12.8 Å². The van der Waals surface area contributed by atoms with E-state index in [1.165, 1.54) is 0 Å². The molecule has 2 rings (SSSR count). The van der Waals surface area contributed by atoms with Gasteiger partial charge in [-0.3, -0.25) is 4.79 Å². The zero-order valence-electron chi connectivity index (χ0n) is 10.6. The van der Waals surface area contributed by atoms with Crippen LogP contribution >= 0.6 is 0 Å². The van der Waals surface area contributed by atoms with Crippen molar-refractivity contribution < 1.29 is 14.6 Å². The van der Waals surface area contributed by atoms with Gasteiger partial charge in [0.15, 0.2) is 6.61 Å². The maximum absolute atomic E-state index is 11.9. The van der Waals surface area contributed by atoms with Gasteiger partial charge in [-0.05, 0) is 37.1 Å². The minimum Gasteiger partial charge on any atom is -0.484 e. The molecular formula is C14H16N2O3. The highest BCUT2D eigenvalue weighted by Gasteiger charge is 2.22. The Balaban J connectivity index is 1.84. The first kappa shape index (κ1) is 13.4. The zero-order valence-corrected chi connectivity index (χ0v) is 10.6. The fraction of sp³-hybridized carbons (Fsp3) is 0.429. The van der Waals surface area contributed by atoms with Crippen LogP contribution < -0.4 is 4.74 Å². The van der Waals surface area contributed by atoms with Crippen molar-refractivity contribution in [1.29, 1.82) is 5.26 Å². The normalized spacial score (nSPS) is 18.7. The van der Waals surface area contributed by atoms with Crippen LogP contribution in [0.3, 0.4) is 0 Å². The number of nitriles is 1. The van der Waals surface area contributed by atoms with Crippen LogP contribution in [0.5, 0.6) is 5.75 Å². The maximum Gasteiger partial charge on any atom is 0.260 e. The number of rotatable bonds is 3. The van der Waals surface area contributed by atoms with Gasteiger partial charge >= 0.3 is 0 Å². The summed E-state index contributed by atoms with van der Waals surface area (Å²) in [4.78, 5) is 13.5. The van der Waals surface area contributed by atoms with Gasteiger partial charge in [-0.1, -0.05) is 0 Å². The standard InChI is InChI=1S/C14H16N2O3/c15-8-11-3-5-13(6-4-11)19-10-14(18)16-7-1-2-12(17)9-16/h3-6,12,17H,1-2,7,9-10H2. The van der Waals surface area contributed by atoms with E-state index in [1.54, 1.807) is 29.2 Å². The number of piperidine rings is 1. The van der Waals surface area contributed by atoms with Gasteiger partial charge in [0.05, 0.1) is 17.7 Å². The zero-order chi connectivity index (χ0) is 13.7. The molecular weight excluding hydrogens is 244 g/mol. The lowest BCUT2D eigenvalue weighted by atomic mass is 10.1. The number of hydrogen-bond donors (Lipinski definition) is 1. The molecule has 0 saturated carbocycles. The Hall–Kier alpha value is -2.06. The number of amides is 1. The molecule has 1 fully saturated rings. The van der Waals surface area contributed by atoms with E-state index in [4.69, 9.17) is 10.00 Å². The number of aliphatic hydroxyl groups is 1. The second kappa shape index (κ2) is 6.21. The van der Waals surface area contributed by atoms with Crippen molar-refractivity contribution in [3.8, 4) is 11.8 Å². The van der Waals surface area contributed by atoms with Crippen LogP contribution in [0, 0.1) is 11.3 Å². The summed E-state index contributed by atoms with van der Waals surface area (Å²) in [6.07, 6.45) is 1.15. The predicted octanol–water partition coefficient (Wildman–Crippen LogP) is 0.920. The Morgan fingerprint density at radius 1 is 1.47 bits per heavy atom. The summed E-state index contributed by atoms with van der Waals surface area (Å²) in [7, 11) is 0. The lowest BCUT2D eigenvalue weighted by molar-refractivity contribution is -0.136. The van der Waals surface area contributed by atoms with Crippen LogP contribution in [0.4, 0.5) is 0 Å². The minimum atomic E-state index is -0.424. The highest BCUT2D eigenvalue weighted by Crippen LogP contribution is 2.13. The van der Waals surface area contributed by atoms with E-state index >= 15 is 0 Å². The highest BCUT2D eigenvalue weighted by molar-refractivity contribution is 5.77. The molecule has 5 heteroatoms. The fourth-order valence-corrected chi connectivity index (χ4v) is 2.04. The molecule has 1 aliphatic heterocycles. The number of ether oxygens (including phenoxy) is 1. The first-order chi connectivity index (χ1) is 9.19. The molecule has 1 aromatic carbocycles. The van der Waals surface area contributed by atoms with Gasteiger partial charge in [0.25, 0.3) is 5.91 Å². The Labute approximate surface area is 112 Å². The number of likely N-dealkylation sites (tertiary alicyclic amines) is 1. The third-order valence-electron chi connectivity index (χ3n) is 3.09. The maximum atomic E-state index is 11.9. The van der Waals surface area contributed by atoms with Crippen molar-refractivity contribution in [2.45, 2.75) is 18.9 Å². The van der Waals surface area contributed by atoms with Crippen molar-refractivity contribution >= 4 is 5.91 Å². The number of carbonyl (C=O) groups is 1. The van der Waals surface area contributed by atoms with Crippen molar-refractivity contribution in [2.75, 3.05) is 19.7 Å². The topological polar surface area (TPSA) is 73.6 Å². The lowest BCUT2D eigenvalue weighted by Gasteiger charge is -2.29. The van der Waals surface area contributed by atoms with Crippen LogP contribution in [-0.2, 0) is 4.79 Å². The van der Waals surface area contributed by atoms with Crippen LogP contribution in [0.15, 0.2) is 24.3 Å². The number of hydrogen-bond acceptors (Lipinski definition) is 4. The summed E-state index contributed by atoms with van der Waals surface area (Å²) in [5, 5.41) is 18.2. The summed E-state index contributed by atoms with van der Waals surface area (Å²) in [6, 6.07) is 8.63. The summed E-state index contributed by atoms with van der Waals surface area (Å²) in [5.41, 5.74) is 0.554. The van der Waals surface area contributed by atoms with E-state index < -0.39 is 6.10 Å². The van der Waals surface area contributed by atoms with Crippen LogP contribution in [0.25, 0.3) is 0 Å². The third-order valence-corrected chi connectivity index (χ3v) is 3.09. The minimum absolute atomic E-state index is 0.0430. The Morgan fingerprint density at radius 3 is 2.84 bits per heavy atom. The number of aliphatic hydroxyl groups excluding tert-OH is 1. The first-order valence-corrected chi connectivity index (χ1v) is 6.28. The van der Waals surface area contributed by atoms with Crippen LogP contribution in [0.1, 0.15) is 18.4 Å². The van der Waals surface area contributed by atoms with Gasteiger partial charge in [-0.25, -0.2) is 0 Å². The molecule has 0 aromatic heterocycles. The molecule has 1 heterocycles. The van der Waals surface area contributed by atoms with Gasteiger partial charge in [-0.2, -0.15) is 5.26 Å². The molecule has 0 bridgehead atoms. The molecule has 0 spiro atoms. The van der Waals surface area contributed by atoms with Gasteiger partial charge in [-0.15, -0.1) is 0 Å². The number of nitrogens with zero attached hydrogens (tertiary/aromatic N) is 2. The lowest BCUT2D eigenvalue weighted by Crippen LogP contribution is -2.44. The van der Waals surface area contributed by atoms with Crippen LogP contribution in [0.2, 0.25) is 0 Å². The highest BCUT2D eigenvalue weighted by atomic mass is 16.5. The number of β-amino-alcohol motifs (C(OH)–C–C–N with tert-alkyl or cyclic N) is 1. The van der Waals surface area contributed by atoms with E-state index in [9.17, 15) is 9.90 Å². The molecule has 19 heavy (non-hydrogen) atoms. The molecule has 1 aliphatic rings. The van der Waals surface area contributed by atoms with Crippen molar-refractivity contribution in [3.05, 3.63) is 29.8 Å². The van der Waals surface area contributed by atoms with Crippen molar-refractivity contribution in [2.24, 2.45) is 0 Å². The molecule has 1 amide bonds. The molecule has 100 valence electrons. The SMILES string of the molecule is N#Cc1ccc(OCC(=O)N2CCCC(O)C2)cc1. The van der Waals surface area contributed by atoms with E-state index in [1.807, 2.05) is 6.07 Å². The average Bonchev–Trinajstić information content (AvgIpc) is 2.45. The van der Waals surface area contributed by atoms with E-state index in [2.05, 4.69) is 0 Å². The average molecular weight is 260 g/mol. The number of carbonyl (C=O) groups excluding carboxylic acids is 1. The Morgan fingerprint density at radius 2 is 2.21 bits per heavy atom. The van der Waals surface area contributed by atoms with Crippen molar-refractivity contribution in [3.63, 3.8) is 0 Å². The monoisotopic (exact) mass is 260 g/mol. The summed E-state index contributed by atoms with van der Waals surface area (Å²) in [5.74, 6) is 0.438. The van der Waals surface area contributed by atoms with E-state index in [-0.39, 0.29) is 12.5 Å². The van der Waals surface area contributed by atoms with Gasteiger partial charge < -0.3 is 14.7 Å². The van der Waals surface area contributed by atoms with Gasteiger partial charge in [0.2, 0.25) is 0 Å². The number of benzene rings is 1. The van der Waals surface area contributed by atoms with Gasteiger partial charge in [0.1, 0.15) is 5.75 Å². The molecule has 5 nitrogen and oxygen atoms in total. The molecule has 1 unspecified atom stereocenters. The Bertz CT molecular complexity index is 478. The van der Waals surface area contributed by atoms with Crippen LogP contribution in [-0.4, -0.2) is 41.7 Å². The predicted molar refractivity (Wildman–Crippen MR) is 68.5 cm³/mol. The first-order valence-electron chi connectivity index (χ1n) is 6.28. The summed E-state index contributed by atoms with van der Waals surface area (Å²) in [6.45, 7) is 1.01. The third kappa shape index (κ3) is 3.70. The summed E-state index contributed by atoms with van der Waals surface area (Å²) >= 11 is 0. The summed E-state index contributed by atoms with van der Waals surface area (Å²) < 4.78 is 5.37. The largest absolute Gasteiger partial charge is 0.484 e. The van der Waals surface area contributed by atoms with E-state index in [0.29, 0.717) is 24.4 Å². The molecule has 0 radical (unpaired) electrons. The van der Waals surface area contributed by atoms with Gasteiger partial charge in [0, 0.05) is 13.1 Å². The second-order valence-corrected chi connectivity index (χ2v) is 4.56. The molecule has 1 atom stereocenters. The molecule has 1 saturated heterocycles. The Kier molecular flexibility index (Phi) is 4.37. The quantitative estimate of drug-likeness (QED) is 0.877. The van der Waals surface area contributed by atoms with Crippen molar-refractivity contribution in [1.82, 2.24) is 4.90 Å². The molecule has 1 aromatic rings. The second-order valence-electron chi connectivity index (χ2n) is 4.56. The smallest absolute Gasteiger partial charge is 0.260 e. The molecule has 0 aliphatic carbocycles. The molecule has 1 N–H and O–H groups in total.